The van der Waals surface area contributed by atoms with Gasteiger partial charge in [-0.25, -0.2) is 0 Å². The summed E-state index contributed by atoms with van der Waals surface area (Å²) < 4.78 is 11.6. The number of aliphatic hydroxyl groups excluding tert-OH is 1. The van der Waals surface area contributed by atoms with Crippen molar-refractivity contribution in [2.45, 2.75) is 51.2 Å². The highest BCUT2D eigenvalue weighted by atomic mass is 16.5. The lowest BCUT2D eigenvalue weighted by molar-refractivity contribution is -0.136. The standard InChI is InChI=1S/C18H24O3/c1-12-6-8-18(20-3,9-7-12)17(19)16-11-14-10-13(2)4-5-15(14)21-16/h4-5,10-12,17,19H,6-9H2,1-3H3. The number of aryl methyl sites for hydroxylation is 1. The van der Waals surface area contributed by atoms with Crippen LogP contribution in [0.5, 0.6) is 0 Å². The maximum absolute atomic E-state index is 10.8. The third-order valence-electron chi connectivity index (χ3n) is 4.99. The summed E-state index contributed by atoms with van der Waals surface area (Å²) in [6.07, 6.45) is 3.22. The first-order valence-electron chi connectivity index (χ1n) is 7.77. The lowest BCUT2D eigenvalue weighted by Crippen LogP contribution is -2.41. The first-order valence-corrected chi connectivity index (χ1v) is 7.77. The first-order chi connectivity index (χ1) is 10.0. The Morgan fingerprint density at radius 2 is 2.00 bits per heavy atom. The number of rotatable bonds is 3. The molecule has 1 aliphatic carbocycles. The lowest BCUT2D eigenvalue weighted by atomic mass is 9.75. The molecule has 3 nitrogen and oxygen atoms in total. The summed E-state index contributed by atoms with van der Waals surface area (Å²) in [4.78, 5) is 0. The Labute approximate surface area is 125 Å². The van der Waals surface area contributed by atoms with Crippen LogP contribution in [0.25, 0.3) is 11.0 Å². The van der Waals surface area contributed by atoms with Gasteiger partial charge in [0, 0.05) is 12.5 Å². The Morgan fingerprint density at radius 3 is 2.67 bits per heavy atom. The molecular formula is C18H24O3. The van der Waals surface area contributed by atoms with Gasteiger partial charge >= 0.3 is 0 Å². The average Bonchev–Trinajstić information content (AvgIpc) is 2.90. The molecule has 1 fully saturated rings. The molecule has 1 aliphatic rings. The molecule has 1 atom stereocenters. The number of methoxy groups -OCH3 is 1. The van der Waals surface area contributed by atoms with Crippen molar-refractivity contribution in [2.24, 2.45) is 5.92 Å². The molecule has 0 spiro atoms. The predicted octanol–water partition coefficient (Wildman–Crippen LogP) is 4.37. The maximum atomic E-state index is 10.8. The largest absolute Gasteiger partial charge is 0.458 e. The minimum Gasteiger partial charge on any atom is -0.458 e. The molecule has 1 N–H and O–H groups in total. The lowest BCUT2D eigenvalue weighted by Gasteiger charge is -2.40. The van der Waals surface area contributed by atoms with E-state index in [-0.39, 0.29) is 0 Å². The van der Waals surface area contributed by atoms with Crippen molar-refractivity contribution in [3.63, 3.8) is 0 Å². The minimum atomic E-state index is -0.706. The second kappa shape index (κ2) is 5.47. The van der Waals surface area contributed by atoms with E-state index in [2.05, 4.69) is 19.9 Å². The van der Waals surface area contributed by atoms with Crippen LogP contribution < -0.4 is 0 Å². The molecule has 2 aromatic rings. The second-order valence-electron chi connectivity index (χ2n) is 6.54. The van der Waals surface area contributed by atoms with Crippen molar-refractivity contribution in [3.05, 3.63) is 35.6 Å². The van der Waals surface area contributed by atoms with Gasteiger partial charge in [0.05, 0.1) is 0 Å². The van der Waals surface area contributed by atoms with E-state index in [1.54, 1.807) is 7.11 Å². The van der Waals surface area contributed by atoms with Gasteiger partial charge in [-0.15, -0.1) is 0 Å². The van der Waals surface area contributed by atoms with Crippen LogP contribution in [0.2, 0.25) is 0 Å². The van der Waals surface area contributed by atoms with Gasteiger partial charge in [-0.3, -0.25) is 0 Å². The van der Waals surface area contributed by atoms with Crippen LogP contribution in [-0.4, -0.2) is 17.8 Å². The fourth-order valence-corrected chi connectivity index (χ4v) is 3.42. The van der Waals surface area contributed by atoms with Crippen molar-refractivity contribution in [2.75, 3.05) is 7.11 Å². The molecule has 21 heavy (non-hydrogen) atoms. The molecule has 1 aromatic carbocycles. The predicted molar refractivity (Wildman–Crippen MR) is 83.3 cm³/mol. The molecule has 0 radical (unpaired) electrons. The highest BCUT2D eigenvalue weighted by molar-refractivity contribution is 5.78. The van der Waals surface area contributed by atoms with E-state index in [4.69, 9.17) is 9.15 Å². The van der Waals surface area contributed by atoms with Crippen molar-refractivity contribution in [1.29, 1.82) is 0 Å². The topological polar surface area (TPSA) is 42.6 Å². The Bertz CT molecular complexity index is 620. The van der Waals surface area contributed by atoms with E-state index in [0.29, 0.717) is 11.7 Å². The van der Waals surface area contributed by atoms with Crippen LogP contribution in [0.3, 0.4) is 0 Å². The number of fused-ring (bicyclic) bond motifs is 1. The highest BCUT2D eigenvalue weighted by Crippen LogP contribution is 2.43. The summed E-state index contributed by atoms with van der Waals surface area (Å²) in [7, 11) is 1.70. The first kappa shape index (κ1) is 14.6. The molecule has 1 aromatic heterocycles. The molecule has 0 bridgehead atoms. The zero-order chi connectivity index (χ0) is 15.0. The molecule has 114 valence electrons. The normalized spacial score (nSPS) is 27.9. The summed E-state index contributed by atoms with van der Waals surface area (Å²) in [5, 5.41) is 11.9. The zero-order valence-electron chi connectivity index (χ0n) is 13.1. The van der Waals surface area contributed by atoms with Crippen LogP contribution in [0.4, 0.5) is 0 Å². The van der Waals surface area contributed by atoms with Gasteiger partial charge in [0.15, 0.2) is 0 Å². The smallest absolute Gasteiger partial charge is 0.140 e. The third-order valence-corrected chi connectivity index (χ3v) is 4.99. The van der Waals surface area contributed by atoms with Gasteiger partial charge < -0.3 is 14.3 Å². The van der Waals surface area contributed by atoms with E-state index in [0.717, 1.165) is 36.7 Å². The van der Waals surface area contributed by atoms with Crippen molar-refractivity contribution >= 4 is 11.0 Å². The van der Waals surface area contributed by atoms with Crippen LogP contribution in [-0.2, 0) is 4.74 Å². The molecule has 3 heteroatoms. The van der Waals surface area contributed by atoms with Crippen molar-refractivity contribution in [3.8, 4) is 0 Å². The number of furan rings is 1. The van der Waals surface area contributed by atoms with Crippen LogP contribution in [0.1, 0.15) is 50.0 Å². The number of hydrogen-bond donors (Lipinski definition) is 1. The Morgan fingerprint density at radius 1 is 1.29 bits per heavy atom. The molecular weight excluding hydrogens is 264 g/mol. The van der Waals surface area contributed by atoms with E-state index >= 15 is 0 Å². The Hall–Kier alpha value is -1.32. The Balaban J connectivity index is 1.92. The number of aliphatic hydroxyl groups is 1. The average molecular weight is 288 g/mol. The second-order valence-corrected chi connectivity index (χ2v) is 6.54. The quantitative estimate of drug-likeness (QED) is 0.912. The summed E-state index contributed by atoms with van der Waals surface area (Å²) in [5.74, 6) is 1.32. The molecule has 1 heterocycles. The summed E-state index contributed by atoms with van der Waals surface area (Å²) in [6, 6.07) is 8.02. The summed E-state index contributed by atoms with van der Waals surface area (Å²) >= 11 is 0. The third kappa shape index (κ3) is 2.60. The van der Waals surface area contributed by atoms with Crippen molar-refractivity contribution in [1.82, 2.24) is 0 Å². The summed E-state index contributed by atoms with van der Waals surface area (Å²) in [5.41, 5.74) is 1.51. The maximum Gasteiger partial charge on any atom is 0.140 e. The molecule has 0 aliphatic heterocycles. The van der Waals surface area contributed by atoms with E-state index in [9.17, 15) is 5.11 Å². The monoisotopic (exact) mass is 288 g/mol. The molecule has 0 saturated heterocycles. The number of benzene rings is 1. The van der Waals surface area contributed by atoms with E-state index in [1.807, 2.05) is 18.2 Å². The summed E-state index contributed by atoms with van der Waals surface area (Å²) in [6.45, 7) is 4.32. The van der Waals surface area contributed by atoms with Crippen LogP contribution >= 0.6 is 0 Å². The zero-order valence-corrected chi connectivity index (χ0v) is 13.1. The fourth-order valence-electron chi connectivity index (χ4n) is 3.42. The van der Waals surface area contributed by atoms with E-state index in [1.165, 1.54) is 5.56 Å². The van der Waals surface area contributed by atoms with Crippen LogP contribution in [0, 0.1) is 12.8 Å². The Kier molecular flexibility index (Phi) is 3.80. The molecule has 1 saturated carbocycles. The highest BCUT2D eigenvalue weighted by Gasteiger charge is 2.43. The van der Waals surface area contributed by atoms with Gasteiger partial charge in [-0.05, 0) is 56.7 Å². The fraction of sp³-hybridized carbons (Fsp3) is 0.556. The van der Waals surface area contributed by atoms with Gasteiger partial charge in [0.2, 0.25) is 0 Å². The molecule has 3 rings (SSSR count). The minimum absolute atomic E-state index is 0.505. The number of ether oxygens (including phenoxy) is 1. The van der Waals surface area contributed by atoms with Crippen LogP contribution in [0.15, 0.2) is 28.7 Å². The SMILES string of the molecule is COC1(C(O)c2cc3cc(C)ccc3o2)CCC(C)CC1. The molecule has 0 amide bonds. The van der Waals surface area contributed by atoms with Gasteiger partial charge in [-0.2, -0.15) is 0 Å². The number of hydrogen-bond acceptors (Lipinski definition) is 3. The van der Waals surface area contributed by atoms with Gasteiger partial charge in [-0.1, -0.05) is 18.6 Å². The van der Waals surface area contributed by atoms with Gasteiger partial charge in [0.25, 0.3) is 0 Å². The molecule has 1 unspecified atom stereocenters. The van der Waals surface area contributed by atoms with E-state index < -0.39 is 11.7 Å². The van der Waals surface area contributed by atoms with Gasteiger partial charge in [0.1, 0.15) is 23.0 Å². The van der Waals surface area contributed by atoms with Crippen molar-refractivity contribution < 1.29 is 14.3 Å².